The summed E-state index contributed by atoms with van der Waals surface area (Å²) in [5.41, 5.74) is 0. The van der Waals surface area contributed by atoms with Gasteiger partial charge >= 0.3 is 0 Å². The summed E-state index contributed by atoms with van der Waals surface area (Å²) in [4.78, 5) is 0. The lowest BCUT2D eigenvalue weighted by Gasteiger charge is -2.46. The zero-order chi connectivity index (χ0) is 50.6. The van der Waals surface area contributed by atoms with Gasteiger partial charge in [0, 0.05) is 13.2 Å². The summed E-state index contributed by atoms with van der Waals surface area (Å²) in [7, 11) is 0. The molecule has 0 bridgehead atoms. The van der Waals surface area contributed by atoms with Gasteiger partial charge in [-0.25, -0.2) is 0 Å². The molecule has 2 saturated heterocycles. The van der Waals surface area contributed by atoms with Gasteiger partial charge in [0.05, 0.1) is 26.4 Å². The molecule has 0 aromatic heterocycles. The Morgan fingerprint density at radius 3 is 1.21 bits per heavy atom. The Hall–Kier alpha value is -0.520. The highest BCUT2D eigenvalue weighted by Crippen LogP contribution is 2.31. The average Bonchev–Trinajstić information content (AvgIpc) is 3.28. The van der Waals surface area contributed by atoms with Crippen molar-refractivity contribution in [2.75, 3.05) is 39.6 Å². The minimum atomic E-state index is -1.74. The number of hydrogen-bond acceptors (Lipinski definition) is 13. The molecule has 13 nitrogen and oxygen atoms in total. The quantitative estimate of drug-likeness (QED) is 0.0288. The van der Waals surface area contributed by atoms with Crippen molar-refractivity contribution < 1.29 is 64.2 Å². The fourth-order valence-electron chi connectivity index (χ4n) is 9.85. The van der Waals surface area contributed by atoms with Crippen LogP contribution in [-0.2, 0) is 28.4 Å². The number of aliphatic hydroxyl groups is 7. The topological polar surface area (TPSA) is 197 Å². The molecule has 0 aliphatic carbocycles. The molecule has 0 spiro atoms. The van der Waals surface area contributed by atoms with E-state index in [1.807, 2.05) is 0 Å². The van der Waals surface area contributed by atoms with Crippen LogP contribution in [0, 0.1) is 47.3 Å². The third kappa shape index (κ3) is 26.4. The van der Waals surface area contributed by atoms with Crippen LogP contribution in [0.3, 0.4) is 0 Å². The molecule has 0 saturated carbocycles. The first-order valence-electron chi connectivity index (χ1n) is 27.8. The second-order valence-corrected chi connectivity index (χ2v) is 23.0. The van der Waals surface area contributed by atoms with Crippen LogP contribution in [0.15, 0.2) is 0 Å². The first-order chi connectivity index (χ1) is 32.4. The van der Waals surface area contributed by atoms with Crippen LogP contribution >= 0.6 is 0 Å². The molecule has 2 aliphatic rings. The summed E-state index contributed by atoms with van der Waals surface area (Å²) < 4.78 is 35.7. The highest BCUT2D eigenvalue weighted by atomic mass is 16.7. The smallest absolute Gasteiger partial charge is 0.187 e. The van der Waals surface area contributed by atoms with Crippen LogP contribution in [-0.4, -0.2) is 143 Å². The number of rotatable bonds is 40. The van der Waals surface area contributed by atoms with E-state index in [9.17, 15) is 35.7 Å². The maximum absolute atomic E-state index is 11.2. The molecule has 0 aromatic carbocycles. The van der Waals surface area contributed by atoms with Crippen LogP contribution in [0.25, 0.3) is 0 Å². The molecule has 406 valence electrons. The summed E-state index contributed by atoms with van der Waals surface area (Å²) in [5.74, 6) is 5.74. The van der Waals surface area contributed by atoms with E-state index in [1.54, 1.807) is 0 Å². The first-order valence-corrected chi connectivity index (χ1v) is 27.8. The van der Waals surface area contributed by atoms with Gasteiger partial charge in [-0.2, -0.15) is 0 Å². The molecule has 2 fully saturated rings. The van der Waals surface area contributed by atoms with E-state index in [4.69, 9.17) is 28.4 Å². The van der Waals surface area contributed by atoms with Crippen molar-refractivity contribution >= 4 is 0 Å². The highest BCUT2D eigenvalue weighted by molar-refractivity contribution is 4.94. The summed E-state index contributed by atoms with van der Waals surface area (Å²) in [5, 5.41) is 73.0. The molecule has 0 aromatic rings. The summed E-state index contributed by atoms with van der Waals surface area (Å²) in [6.07, 6.45) is 9.40. The summed E-state index contributed by atoms with van der Waals surface area (Å²) in [6, 6.07) is 0. The molecule has 2 rings (SSSR count). The Kier molecular flexibility index (Phi) is 34.1. The molecule has 2 aliphatic heterocycles. The molecule has 0 unspecified atom stereocenters. The first kappa shape index (κ1) is 63.6. The Bertz CT molecular complexity index is 1190. The molecule has 2 heterocycles. The van der Waals surface area contributed by atoms with Crippen molar-refractivity contribution in [1.29, 1.82) is 0 Å². The van der Waals surface area contributed by atoms with Crippen LogP contribution in [0.5, 0.6) is 0 Å². The minimum absolute atomic E-state index is 0.00274. The third-order valence-electron chi connectivity index (χ3n) is 15.0. The van der Waals surface area contributed by atoms with Gasteiger partial charge in [-0.05, 0) is 60.2 Å². The normalized spacial score (nSPS) is 29.0. The van der Waals surface area contributed by atoms with E-state index in [-0.39, 0.29) is 13.2 Å². The van der Waals surface area contributed by atoms with Crippen LogP contribution < -0.4 is 0 Å². The van der Waals surface area contributed by atoms with Gasteiger partial charge in [-0.3, -0.25) is 0 Å². The Morgan fingerprint density at radius 2 is 0.779 bits per heavy atom. The summed E-state index contributed by atoms with van der Waals surface area (Å²) in [6.45, 7) is 23.5. The Morgan fingerprint density at radius 1 is 0.397 bits per heavy atom. The van der Waals surface area contributed by atoms with Crippen molar-refractivity contribution in [2.45, 2.75) is 265 Å². The highest BCUT2D eigenvalue weighted by Gasteiger charge is 2.51. The molecular weight excluding hydrogens is 869 g/mol. The largest absolute Gasteiger partial charge is 0.394 e. The van der Waals surface area contributed by atoms with Gasteiger partial charge in [0.25, 0.3) is 0 Å². The van der Waals surface area contributed by atoms with Gasteiger partial charge in [-0.15, -0.1) is 0 Å². The standard InChI is InChI=1S/C55H108O13/c1-37(2)17-11-19-39(5)21-13-23-41(7)25-15-27-43(9)29-31-63-35-45(64-32-30-44(10)28-16-26-42(8)24-14-22-40(6)20-12-18-38(3)4)36-65-54-52(62)50(60)53(47(34-57)67-54)68-55-51(61)49(59)48(58)46(33-56)66-55/h37-62H,11-36H2,1-10H3/t39-,40-,41+,42+,43+,44+,45+,46-,47-,48-,49+,50-,51-,52-,53-,54+,55+/m1/s1. The van der Waals surface area contributed by atoms with Crippen molar-refractivity contribution in [3.63, 3.8) is 0 Å². The maximum Gasteiger partial charge on any atom is 0.187 e. The van der Waals surface area contributed by atoms with Crippen LogP contribution in [0.4, 0.5) is 0 Å². The van der Waals surface area contributed by atoms with E-state index >= 15 is 0 Å². The number of ether oxygens (including phenoxy) is 6. The number of hydrogen-bond donors (Lipinski definition) is 7. The Labute approximate surface area is 415 Å². The molecule has 0 amide bonds. The zero-order valence-corrected chi connectivity index (χ0v) is 44.9. The van der Waals surface area contributed by atoms with E-state index in [0.29, 0.717) is 25.0 Å². The maximum atomic E-state index is 11.2. The molecule has 17 atom stereocenters. The molecular formula is C55H108O13. The second kappa shape index (κ2) is 36.4. The fourth-order valence-corrected chi connectivity index (χ4v) is 9.85. The number of aliphatic hydroxyl groups excluding tert-OH is 7. The monoisotopic (exact) mass is 977 g/mol. The van der Waals surface area contributed by atoms with E-state index in [0.717, 1.165) is 54.8 Å². The average molecular weight is 977 g/mol. The van der Waals surface area contributed by atoms with Crippen molar-refractivity contribution in [3.8, 4) is 0 Å². The van der Waals surface area contributed by atoms with E-state index in [1.165, 1.54) is 109 Å². The predicted octanol–water partition coefficient (Wildman–Crippen LogP) is 8.96. The van der Waals surface area contributed by atoms with Gasteiger partial charge in [-0.1, -0.05) is 185 Å². The molecule has 7 N–H and O–H groups in total. The van der Waals surface area contributed by atoms with Gasteiger partial charge in [0.2, 0.25) is 0 Å². The van der Waals surface area contributed by atoms with Crippen molar-refractivity contribution in [1.82, 2.24) is 0 Å². The second-order valence-electron chi connectivity index (χ2n) is 23.0. The molecule has 0 radical (unpaired) electrons. The van der Waals surface area contributed by atoms with Gasteiger partial charge in [0.1, 0.15) is 54.9 Å². The zero-order valence-electron chi connectivity index (χ0n) is 44.9. The fraction of sp³-hybridized carbons (Fsp3) is 1.00. The lowest BCUT2D eigenvalue weighted by atomic mass is 9.91. The summed E-state index contributed by atoms with van der Waals surface area (Å²) >= 11 is 0. The van der Waals surface area contributed by atoms with Gasteiger partial charge < -0.3 is 64.2 Å². The Balaban J connectivity index is 1.87. The van der Waals surface area contributed by atoms with Crippen molar-refractivity contribution in [2.24, 2.45) is 47.3 Å². The third-order valence-corrected chi connectivity index (χ3v) is 15.0. The molecule has 68 heavy (non-hydrogen) atoms. The van der Waals surface area contributed by atoms with E-state index in [2.05, 4.69) is 69.2 Å². The predicted molar refractivity (Wildman–Crippen MR) is 270 cm³/mol. The van der Waals surface area contributed by atoms with Crippen LogP contribution in [0.2, 0.25) is 0 Å². The lowest BCUT2D eigenvalue weighted by molar-refractivity contribution is -0.360. The SMILES string of the molecule is CC(C)CCC[C@@H](C)CCC[C@H](C)CCC[C@H](C)CCOC[C@@H](CO[C@H]1O[C@H](CO)[C@@H](O[C@@H]2O[C@H](CO)[C@@H](O)[C@H](O)[C@H]2O)[C@H](O)[C@H]1O)OCC[C@@H](C)CCC[C@@H](C)CCC[C@H](C)CCCC(C)C. The molecule has 13 heteroatoms. The lowest BCUT2D eigenvalue weighted by Crippen LogP contribution is -2.64. The van der Waals surface area contributed by atoms with Crippen molar-refractivity contribution in [3.05, 3.63) is 0 Å². The minimum Gasteiger partial charge on any atom is -0.394 e. The van der Waals surface area contributed by atoms with Crippen LogP contribution in [0.1, 0.15) is 198 Å². The van der Waals surface area contributed by atoms with Gasteiger partial charge in [0.15, 0.2) is 12.6 Å². The van der Waals surface area contributed by atoms with E-state index < -0.39 is 80.7 Å².